The summed E-state index contributed by atoms with van der Waals surface area (Å²) >= 11 is 0. The van der Waals surface area contributed by atoms with Crippen LogP contribution in [0, 0.1) is 0 Å². The lowest BCUT2D eigenvalue weighted by Gasteiger charge is -2.38. The Hall–Kier alpha value is -6.56. The fourth-order valence-electron chi connectivity index (χ4n) is 8.30. The van der Waals surface area contributed by atoms with Gasteiger partial charge < -0.3 is 75.1 Å². The Balaban J connectivity index is 1.59. The second kappa shape index (κ2) is 26.8. The van der Waals surface area contributed by atoms with Crippen LogP contribution in [-0.4, -0.2) is 164 Å². The molecule has 0 fully saturated rings. The van der Waals surface area contributed by atoms with E-state index in [1.54, 1.807) is 65.8 Å². The normalized spacial score (nSPS) is 16.3. The molecule has 0 saturated carbocycles. The van der Waals surface area contributed by atoms with E-state index < -0.39 is 97.5 Å². The number of hydrogen-bond acceptors (Lipinski definition) is 16. The Labute approximate surface area is 483 Å². The first-order valence-electron chi connectivity index (χ1n) is 27.6. The summed E-state index contributed by atoms with van der Waals surface area (Å²) in [4.78, 5) is 112. The zero-order valence-corrected chi connectivity index (χ0v) is 51.5. The number of nitrogens with one attached hydrogen (secondary N) is 7. The van der Waals surface area contributed by atoms with Crippen LogP contribution < -0.4 is 46.7 Å². The molecule has 1 aliphatic heterocycles. The third-order valence-electron chi connectivity index (χ3n) is 13.0. The smallest absolute Gasteiger partial charge is 0.408 e. The molecule has 4 rings (SSSR count). The van der Waals surface area contributed by atoms with Gasteiger partial charge in [0.15, 0.2) is 0 Å². The fourth-order valence-corrected chi connectivity index (χ4v) is 8.30. The number of amides is 7. The van der Waals surface area contributed by atoms with Crippen LogP contribution in [0.15, 0.2) is 36.4 Å². The van der Waals surface area contributed by atoms with E-state index >= 15 is 4.79 Å². The highest BCUT2D eigenvalue weighted by Crippen LogP contribution is 2.46. The maximum atomic E-state index is 15.4. The van der Waals surface area contributed by atoms with Crippen molar-refractivity contribution >= 4 is 47.5 Å². The second-order valence-electron chi connectivity index (χ2n) is 25.8. The molecule has 82 heavy (non-hydrogen) atoms. The van der Waals surface area contributed by atoms with Gasteiger partial charge in [-0.25, -0.2) is 9.59 Å². The fraction of sp³-hybridized carbons (Fsp3) is 0.661. The van der Waals surface area contributed by atoms with Crippen molar-refractivity contribution in [2.45, 2.75) is 187 Å². The van der Waals surface area contributed by atoms with E-state index in [4.69, 9.17) is 37.9 Å². The summed E-state index contributed by atoms with van der Waals surface area (Å²) in [5, 5.41) is 19.0. The van der Waals surface area contributed by atoms with Crippen LogP contribution in [0.2, 0.25) is 0 Å². The molecule has 0 unspecified atom stereocenters. The summed E-state index contributed by atoms with van der Waals surface area (Å²) in [6.07, 6.45) is -1.15. The van der Waals surface area contributed by atoms with Gasteiger partial charge in [0, 0.05) is 24.0 Å². The average molecular weight is 1150 g/mol. The summed E-state index contributed by atoms with van der Waals surface area (Å²) in [5.41, 5.74) is -11.2. The second-order valence-corrected chi connectivity index (χ2v) is 25.8. The van der Waals surface area contributed by atoms with Gasteiger partial charge >= 0.3 is 12.1 Å². The van der Waals surface area contributed by atoms with E-state index in [9.17, 15) is 33.6 Å². The number of carbonyl (C=O) groups is 8. The third-order valence-corrected chi connectivity index (χ3v) is 13.0. The predicted molar refractivity (Wildman–Crippen MR) is 305 cm³/mol. The molecule has 7 N–H and O–H groups in total. The van der Waals surface area contributed by atoms with E-state index in [2.05, 4.69) is 37.2 Å². The summed E-state index contributed by atoms with van der Waals surface area (Å²) in [6.45, 7) is 30.3. The Kier molecular flexibility index (Phi) is 22.2. The zero-order chi connectivity index (χ0) is 61.9. The first kappa shape index (κ1) is 67.9. The van der Waals surface area contributed by atoms with Crippen molar-refractivity contribution in [2.24, 2.45) is 0 Å². The highest BCUT2D eigenvalue weighted by atomic mass is 16.6. The zero-order valence-electron chi connectivity index (χ0n) is 51.5. The maximum absolute atomic E-state index is 15.4. The molecule has 0 saturated heterocycles. The largest absolute Gasteiger partial charge is 0.491 e. The average Bonchev–Trinajstić information content (AvgIpc) is 3.37. The quantitative estimate of drug-likeness (QED) is 0.130. The van der Waals surface area contributed by atoms with Crippen LogP contribution >= 0.6 is 0 Å². The molecule has 7 amide bonds. The van der Waals surface area contributed by atoms with Crippen molar-refractivity contribution in [2.75, 3.05) is 66.1 Å². The van der Waals surface area contributed by atoms with Crippen LogP contribution in [0.25, 0.3) is 11.1 Å². The molecular formula is C59H91N7O16. The van der Waals surface area contributed by atoms with Crippen molar-refractivity contribution in [1.82, 2.24) is 37.2 Å². The number of carbonyl (C=O) groups excluding carboxylic acids is 8. The van der Waals surface area contributed by atoms with Gasteiger partial charge in [0.05, 0.1) is 52.9 Å². The van der Waals surface area contributed by atoms with E-state index in [1.165, 1.54) is 83.1 Å². The highest BCUT2D eigenvalue weighted by molar-refractivity contribution is 6.02. The van der Waals surface area contributed by atoms with Gasteiger partial charge in [0.25, 0.3) is 0 Å². The SMILES string of the molecule is CC(C)(C)OC(=O)NC1(C(=O)NC(C)(C)C(=O)NC(C)(C)C(=O)NC(C)(C)C(=O)NC(C)(C)C(=O)NC(C)(C)C(=O)NC(C)(C)C(=O)OC(C)(C)C)Cc2cccc3c2-c2c(cccc2OCCOCCOCCOCCOCCO3)C1. The van der Waals surface area contributed by atoms with Crippen molar-refractivity contribution in [1.29, 1.82) is 0 Å². The van der Waals surface area contributed by atoms with Gasteiger partial charge in [-0.05, 0) is 148 Å². The van der Waals surface area contributed by atoms with Crippen LogP contribution in [0.4, 0.5) is 4.79 Å². The van der Waals surface area contributed by atoms with Gasteiger partial charge in [-0.2, -0.15) is 0 Å². The Morgan fingerprint density at radius 3 is 1.00 bits per heavy atom. The molecule has 23 nitrogen and oxygen atoms in total. The summed E-state index contributed by atoms with van der Waals surface area (Å²) in [7, 11) is 0. The highest BCUT2D eigenvalue weighted by Gasteiger charge is 2.49. The number of rotatable bonds is 14. The van der Waals surface area contributed by atoms with E-state index in [-0.39, 0.29) is 39.3 Å². The molecule has 0 radical (unpaired) electrons. The number of hydrogen-bond donors (Lipinski definition) is 7. The van der Waals surface area contributed by atoms with Crippen molar-refractivity contribution < 1.29 is 76.3 Å². The molecule has 0 spiro atoms. The number of benzene rings is 2. The number of ether oxygens (including phenoxy) is 8. The Bertz CT molecular complexity index is 2580. The molecule has 23 heteroatoms. The Morgan fingerprint density at radius 2 is 0.683 bits per heavy atom. The lowest BCUT2D eigenvalue weighted by Crippen LogP contribution is -2.70. The van der Waals surface area contributed by atoms with Crippen LogP contribution in [0.1, 0.15) is 136 Å². The van der Waals surface area contributed by atoms with Gasteiger partial charge in [-0.15, -0.1) is 0 Å². The molecular weight excluding hydrogens is 1060 g/mol. The van der Waals surface area contributed by atoms with Crippen LogP contribution in [0.5, 0.6) is 11.5 Å². The van der Waals surface area contributed by atoms with Gasteiger partial charge in [-0.3, -0.25) is 28.8 Å². The van der Waals surface area contributed by atoms with E-state index in [1.807, 2.05) is 12.1 Å². The molecule has 0 bridgehead atoms. The molecule has 0 aromatic heterocycles. The van der Waals surface area contributed by atoms with Gasteiger partial charge in [0.2, 0.25) is 35.4 Å². The summed E-state index contributed by atoms with van der Waals surface area (Å²) in [5.74, 6) is -4.40. The minimum Gasteiger partial charge on any atom is -0.491 e. The molecule has 458 valence electrons. The van der Waals surface area contributed by atoms with E-state index in [0.717, 1.165) is 0 Å². The van der Waals surface area contributed by atoms with Crippen LogP contribution in [0.3, 0.4) is 0 Å². The number of esters is 1. The molecule has 2 aromatic carbocycles. The lowest BCUT2D eigenvalue weighted by molar-refractivity contribution is -0.163. The molecule has 2 aliphatic rings. The third kappa shape index (κ3) is 19.3. The van der Waals surface area contributed by atoms with Crippen molar-refractivity contribution in [3.63, 3.8) is 0 Å². The number of alkyl carbamates (subject to hydrolysis) is 1. The topological polar surface area (TPSA) is 295 Å². The predicted octanol–water partition coefficient (Wildman–Crippen LogP) is 4.26. The molecule has 1 heterocycles. The summed E-state index contributed by atoms with van der Waals surface area (Å²) in [6, 6.07) is 10.8. The minimum atomic E-state index is -1.84. The van der Waals surface area contributed by atoms with Gasteiger partial charge in [-0.1, -0.05) is 24.3 Å². The first-order chi connectivity index (χ1) is 37.6. The molecule has 1 aliphatic carbocycles. The monoisotopic (exact) mass is 1150 g/mol. The lowest BCUT2D eigenvalue weighted by atomic mass is 9.84. The molecule has 0 atom stereocenters. The first-order valence-corrected chi connectivity index (χ1v) is 27.6. The summed E-state index contributed by atoms with van der Waals surface area (Å²) < 4.78 is 46.8. The molecule has 2 aromatic rings. The van der Waals surface area contributed by atoms with Crippen molar-refractivity contribution in [3.8, 4) is 22.6 Å². The standard InChI is InChI=1S/C59H91N7O16/c1-51(2,3)81-49(73)58(17,18)64-47(71)56(13,14)62-45(69)54(9,10)60-43(67)53(7,8)61-44(68)55(11,12)63-46(70)57(15,16)65-48(72)59(66-50(74)82-52(4,5)6)35-37-21-19-23-39-41(37)42-38(36-59)22-20-24-40(42)80-34-32-78-30-28-76-26-25-75-27-29-77-31-33-79-39/h19-24H,25-36H2,1-18H3,(H,60,67)(H,61,68)(H,62,69)(H,63,70)(H,64,71)(H,65,72)(H,66,74). The Morgan fingerprint density at radius 1 is 0.390 bits per heavy atom. The minimum absolute atomic E-state index is 0.127. The van der Waals surface area contributed by atoms with Crippen molar-refractivity contribution in [3.05, 3.63) is 47.5 Å². The van der Waals surface area contributed by atoms with E-state index in [0.29, 0.717) is 73.4 Å². The van der Waals surface area contributed by atoms with Crippen LogP contribution in [-0.2, 0) is 74.8 Å². The maximum Gasteiger partial charge on any atom is 0.408 e. The van der Waals surface area contributed by atoms with Gasteiger partial charge in [0.1, 0.15) is 74.7 Å².